The third kappa shape index (κ3) is 3.97. The van der Waals surface area contributed by atoms with E-state index in [4.69, 9.17) is 11.5 Å². The summed E-state index contributed by atoms with van der Waals surface area (Å²) in [7, 11) is 3.41. The molecule has 0 saturated carbocycles. The van der Waals surface area contributed by atoms with Gasteiger partial charge < -0.3 is 16.4 Å². The molecule has 4 N–H and O–H groups in total. The number of carbonyl (C=O) groups is 2. The van der Waals surface area contributed by atoms with Gasteiger partial charge in [-0.1, -0.05) is 12.1 Å². The van der Waals surface area contributed by atoms with Gasteiger partial charge in [-0.25, -0.2) is 0 Å². The third-order valence-corrected chi connectivity index (χ3v) is 6.22. The summed E-state index contributed by atoms with van der Waals surface area (Å²) < 4.78 is 1.49. The SMILES string of the molecule is CC[N+](=C=O)c1ccc2c(c1)CCc1cc(C(=O)N(C)C)ccc1C2(C[C@@H](C)N)C(N)=O. The van der Waals surface area contributed by atoms with Gasteiger partial charge in [-0.2, -0.15) is 4.79 Å². The molecule has 0 saturated heterocycles. The molecular weight excluding hydrogens is 404 g/mol. The number of hydrogen-bond donors (Lipinski definition) is 2. The molecule has 1 unspecified atom stereocenters. The van der Waals surface area contributed by atoms with Crippen LogP contribution in [0.15, 0.2) is 36.4 Å². The van der Waals surface area contributed by atoms with Crippen LogP contribution >= 0.6 is 0 Å². The lowest BCUT2D eigenvalue weighted by molar-refractivity contribution is -0.433. The van der Waals surface area contributed by atoms with E-state index in [-0.39, 0.29) is 11.9 Å². The highest BCUT2D eigenvalue weighted by Crippen LogP contribution is 2.44. The van der Waals surface area contributed by atoms with E-state index in [1.807, 2.05) is 50.3 Å². The van der Waals surface area contributed by atoms with E-state index in [0.29, 0.717) is 31.4 Å². The van der Waals surface area contributed by atoms with Gasteiger partial charge in [-0.05, 0) is 67.5 Å². The molecular formula is C25H31N4O3+. The molecule has 3 rings (SSSR count). The topological polar surface area (TPSA) is 110 Å². The predicted molar refractivity (Wildman–Crippen MR) is 123 cm³/mol. The molecule has 168 valence electrons. The van der Waals surface area contributed by atoms with Crippen molar-refractivity contribution in [2.75, 3.05) is 20.6 Å². The van der Waals surface area contributed by atoms with Crippen molar-refractivity contribution in [2.45, 2.75) is 44.6 Å². The second-order valence-corrected chi connectivity index (χ2v) is 8.70. The van der Waals surface area contributed by atoms with Crippen LogP contribution in [0.3, 0.4) is 0 Å². The van der Waals surface area contributed by atoms with E-state index in [2.05, 4.69) is 0 Å². The average Bonchev–Trinajstić information content (AvgIpc) is 2.88. The Labute approximate surface area is 188 Å². The minimum Gasteiger partial charge on any atom is -0.369 e. The van der Waals surface area contributed by atoms with Crippen molar-refractivity contribution in [1.82, 2.24) is 4.90 Å². The Kier molecular flexibility index (Phi) is 6.63. The fourth-order valence-electron chi connectivity index (χ4n) is 4.76. The number of carbonyl (C=O) groups excluding carboxylic acids is 3. The minimum absolute atomic E-state index is 0.103. The number of hydrogen-bond acceptors (Lipinski definition) is 4. The predicted octanol–water partition coefficient (Wildman–Crippen LogP) is 2.00. The molecule has 0 heterocycles. The van der Waals surface area contributed by atoms with Crippen LogP contribution < -0.4 is 11.5 Å². The first-order chi connectivity index (χ1) is 15.1. The summed E-state index contributed by atoms with van der Waals surface area (Å²) in [4.78, 5) is 38.6. The first kappa shape index (κ1) is 23.4. The zero-order valence-electron chi connectivity index (χ0n) is 19.1. The highest BCUT2D eigenvalue weighted by Gasteiger charge is 2.45. The number of amides is 2. The average molecular weight is 436 g/mol. The fraction of sp³-hybridized carbons (Fsp3) is 0.400. The van der Waals surface area contributed by atoms with Crippen molar-refractivity contribution in [3.63, 3.8) is 0 Å². The number of benzene rings is 2. The number of nitrogens with zero attached hydrogens (tertiary/aromatic N) is 2. The van der Waals surface area contributed by atoms with Crippen LogP contribution in [0.5, 0.6) is 0 Å². The zero-order valence-corrected chi connectivity index (χ0v) is 19.1. The van der Waals surface area contributed by atoms with Crippen molar-refractivity contribution >= 4 is 23.6 Å². The lowest BCUT2D eigenvalue weighted by Gasteiger charge is -2.35. The van der Waals surface area contributed by atoms with Crippen LogP contribution in [0.1, 0.15) is 52.9 Å². The molecule has 2 aromatic rings. The molecule has 0 radical (unpaired) electrons. The maximum Gasteiger partial charge on any atom is 0.430 e. The second kappa shape index (κ2) is 9.07. The molecule has 1 aliphatic rings. The van der Waals surface area contributed by atoms with Crippen molar-refractivity contribution in [1.29, 1.82) is 0 Å². The number of primary amides is 1. The molecule has 0 fully saturated rings. The Morgan fingerprint density at radius 2 is 1.72 bits per heavy atom. The first-order valence-electron chi connectivity index (χ1n) is 10.8. The third-order valence-electron chi connectivity index (χ3n) is 6.22. The van der Waals surface area contributed by atoms with Gasteiger partial charge in [-0.3, -0.25) is 9.59 Å². The molecule has 2 aromatic carbocycles. The largest absolute Gasteiger partial charge is 0.430 e. The van der Waals surface area contributed by atoms with Crippen LogP contribution in [0, 0.1) is 0 Å². The Balaban J connectivity index is 2.30. The number of rotatable bonds is 6. The Morgan fingerprint density at radius 1 is 1.12 bits per heavy atom. The molecule has 32 heavy (non-hydrogen) atoms. The Morgan fingerprint density at radius 3 is 2.22 bits per heavy atom. The monoisotopic (exact) mass is 435 g/mol. The Hall–Kier alpha value is -3.28. The molecule has 1 aliphatic carbocycles. The quantitative estimate of drug-likeness (QED) is 0.411. The van der Waals surface area contributed by atoms with Gasteiger partial charge in [0.05, 0.1) is 0 Å². The number of isocyanates is 1. The summed E-state index contributed by atoms with van der Waals surface area (Å²) in [5.74, 6) is -0.582. The lowest BCUT2D eigenvalue weighted by Crippen LogP contribution is -2.46. The highest BCUT2D eigenvalue weighted by molar-refractivity contribution is 5.96. The van der Waals surface area contributed by atoms with E-state index < -0.39 is 11.3 Å². The van der Waals surface area contributed by atoms with Gasteiger partial charge in [0.1, 0.15) is 5.41 Å². The molecule has 7 nitrogen and oxygen atoms in total. The summed E-state index contributed by atoms with van der Waals surface area (Å²) in [5.41, 5.74) is 15.9. The van der Waals surface area contributed by atoms with Crippen LogP contribution in [-0.4, -0.2) is 54.1 Å². The molecule has 0 aliphatic heterocycles. The van der Waals surface area contributed by atoms with E-state index >= 15 is 0 Å². The molecule has 0 bridgehead atoms. The van der Waals surface area contributed by atoms with E-state index in [1.165, 1.54) is 9.48 Å². The second-order valence-electron chi connectivity index (χ2n) is 8.70. The van der Waals surface area contributed by atoms with Crippen molar-refractivity contribution in [3.8, 4) is 0 Å². The first-order valence-corrected chi connectivity index (χ1v) is 10.8. The summed E-state index contributed by atoms with van der Waals surface area (Å²) in [6.07, 6.45) is 3.55. The highest BCUT2D eigenvalue weighted by atomic mass is 16.2. The summed E-state index contributed by atoms with van der Waals surface area (Å²) in [6, 6.07) is 10.8. The molecule has 2 atom stereocenters. The maximum atomic E-state index is 13.2. The number of fused-ring (bicyclic) bond motifs is 2. The van der Waals surface area contributed by atoms with E-state index in [9.17, 15) is 14.4 Å². The minimum atomic E-state index is -1.13. The van der Waals surface area contributed by atoms with Gasteiger partial charge in [0.2, 0.25) is 11.6 Å². The van der Waals surface area contributed by atoms with Gasteiger partial charge in [-0.15, -0.1) is 4.58 Å². The van der Waals surface area contributed by atoms with Crippen LogP contribution in [0.25, 0.3) is 0 Å². The van der Waals surface area contributed by atoms with Crippen molar-refractivity contribution < 1.29 is 19.0 Å². The molecule has 2 amide bonds. The summed E-state index contributed by atoms with van der Waals surface area (Å²) >= 11 is 0. The maximum absolute atomic E-state index is 13.2. The zero-order chi connectivity index (χ0) is 23.6. The van der Waals surface area contributed by atoms with Gasteiger partial charge in [0.25, 0.3) is 5.91 Å². The molecule has 7 heteroatoms. The Bertz CT molecular complexity index is 1120. The van der Waals surface area contributed by atoms with Crippen molar-refractivity contribution in [2.24, 2.45) is 11.5 Å². The molecule has 0 aromatic heterocycles. The fourth-order valence-corrected chi connectivity index (χ4v) is 4.76. The normalized spacial score (nSPS) is 17.9. The number of nitrogens with two attached hydrogens (primary N) is 2. The smallest absolute Gasteiger partial charge is 0.369 e. The molecule has 0 spiro atoms. The summed E-state index contributed by atoms with van der Waals surface area (Å²) in [6.45, 7) is 4.21. The van der Waals surface area contributed by atoms with Crippen molar-refractivity contribution in [3.05, 3.63) is 64.2 Å². The van der Waals surface area contributed by atoms with Crippen LogP contribution in [-0.2, 0) is 27.8 Å². The number of aryl methyl sites for hydroxylation is 2. The van der Waals surface area contributed by atoms with Crippen LogP contribution in [0.4, 0.5) is 5.69 Å². The van der Waals surface area contributed by atoms with Crippen LogP contribution in [0.2, 0.25) is 0 Å². The van der Waals surface area contributed by atoms with Gasteiger partial charge in [0, 0.05) is 37.8 Å². The van der Waals surface area contributed by atoms with E-state index in [0.717, 1.165) is 27.9 Å². The standard InChI is InChI=1S/C25H30N4O3/c1-5-29(15-30)20-9-11-22-18(13-20)7-6-17-12-19(23(31)28(3)4)8-10-21(17)25(22,24(27)32)14-16(2)26/h8-13,16H,5-7,14,26H2,1-4H3,(H-,27,32)/p+1/t16-,25?/m1/s1. The van der Waals surface area contributed by atoms with Gasteiger partial charge in [0.15, 0.2) is 6.54 Å². The van der Waals surface area contributed by atoms with E-state index in [1.54, 1.807) is 20.2 Å². The van der Waals surface area contributed by atoms with Gasteiger partial charge >= 0.3 is 6.08 Å². The lowest BCUT2D eigenvalue weighted by atomic mass is 9.68. The summed E-state index contributed by atoms with van der Waals surface area (Å²) in [5, 5.41) is 0.